The molecule has 2 fully saturated rings. The Hall–Kier alpha value is -2.14. The SMILES string of the molecule is C=C(C1CCC(C=CC=C(F)C#N)CC1)C1CCC(c2ccc(CCCCC)cc2)CC1. The van der Waals surface area contributed by atoms with E-state index < -0.39 is 5.83 Å². The average molecular weight is 434 g/mol. The smallest absolute Gasteiger partial charge is 0.195 e. The van der Waals surface area contributed by atoms with Crippen LogP contribution in [0.15, 0.2) is 60.5 Å². The monoisotopic (exact) mass is 433 g/mol. The van der Waals surface area contributed by atoms with Gasteiger partial charge in [-0.1, -0.05) is 68.3 Å². The van der Waals surface area contributed by atoms with E-state index in [0.29, 0.717) is 23.7 Å². The molecule has 2 aliphatic carbocycles. The molecule has 3 rings (SSSR count). The lowest BCUT2D eigenvalue weighted by Crippen LogP contribution is -2.22. The molecule has 0 bridgehead atoms. The fourth-order valence-corrected chi connectivity index (χ4v) is 5.68. The second kappa shape index (κ2) is 12.8. The molecule has 1 nitrogen and oxygen atoms in total. The van der Waals surface area contributed by atoms with Gasteiger partial charge in [-0.15, -0.1) is 0 Å². The van der Waals surface area contributed by atoms with Gasteiger partial charge < -0.3 is 0 Å². The highest BCUT2D eigenvalue weighted by Crippen LogP contribution is 2.43. The second-order valence-electron chi connectivity index (χ2n) is 9.95. The van der Waals surface area contributed by atoms with E-state index in [2.05, 4.69) is 43.8 Å². The summed E-state index contributed by atoms with van der Waals surface area (Å²) in [5.41, 5.74) is 4.51. The van der Waals surface area contributed by atoms with Gasteiger partial charge in [-0.25, -0.2) is 0 Å². The van der Waals surface area contributed by atoms with Crippen LogP contribution in [0.5, 0.6) is 0 Å². The second-order valence-corrected chi connectivity index (χ2v) is 9.95. The van der Waals surface area contributed by atoms with E-state index in [1.54, 1.807) is 6.08 Å². The molecule has 0 unspecified atom stereocenters. The zero-order valence-electron chi connectivity index (χ0n) is 19.9. The van der Waals surface area contributed by atoms with Crippen LogP contribution in [0.2, 0.25) is 0 Å². The van der Waals surface area contributed by atoms with Crippen molar-refractivity contribution in [2.75, 3.05) is 0 Å². The summed E-state index contributed by atoms with van der Waals surface area (Å²) < 4.78 is 12.9. The molecule has 0 spiro atoms. The molecule has 0 heterocycles. The first-order valence-electron chi connectivity index (χ1n) is 12.8. The number of benzene rings is 1. The molecular formula is C30H40FN. The molecule has 0 amide bonds. The first kappa shape index (κ1) is 24.5. The van der Waals surface area contributed by atoms with Gasteiger partial charge in [0.05, 0.1) is 0 Å². The Morgan fingerprint density at radius 1 is 1.00 bits per heavy atom. The molecule has 1 aromatic rings. The molecule has 32 heavy (non-hydrogen) atoms. The average Bonchev–Trinajstić information content (AvgIpc) is 2.84. The van der Waals surface area contributed by atoms with E-state index in [1.807, 2.05) is 0 Å². The highest BCUT2D eigenvalue weighted by molar-refractivity contribution is 5.26. The van der Waals surface area contributed by atoms with Crippen molar-refractivity contribution in [1.82, 2.24) is 0 Å². The van der Waals surface area contributed by atoms with Gasteiger partial charge in [0.1, 0.15) is 6.07 Å². The molecule has 1 aromatic carbocycles. The standard InChI is InChI=1S/C30H40FN/c1-3-4-5-7-24-12-16-28(17-13-24)29-20-18-27(19-21-29)23(2)26-14-10-25(11-15-26)8-6-9-30(31)22-32/h6,8-9,12-13,16-17,25-27,29H,2-5,7,10-11,14-15,18-21H2,1H3. The third-order valence-electron chi connectivity index (χ3n) is 7.80. The molecule has 0 aliphatic heterocycles. The quantitative estimate of drug-likeness (QED) is 0.165. The van der Waals surface area contributed by atoms with Gasteiger partial charge in [0.25, 0.3) is 0 Å². The number of nitrogens with zero attached hydrogens (tertiary/aromatic N) is 1. The van der Waals surface area contributed by atoms with Crippen LogP contribution in [0.1, 0.15) is 94.6 Å². The Morgan fingerprint density at radius 3 is 2.22 bits per heavy atom. The van der Waals surface area contributed by atoms with Crippen LogP contribution in [0.25, 0.3) is 0 Å². The first-order chi connectivity index (χ1) is 15.6. The van der Waals surface area contributed by atoms with Crippen molar-refractivity contribution in [2.24, 2.45) is 17.8 Å². The van der Waals surface area contributed by atoms with E-state index in [0.717, 1.165) is 12.8 Å². The minimum Gasteiger partial charge on any atom is -0.195 e. The van der Waals surface area contributed by atoms with E-state index in [4.69, 9.17) is 5.26 Å². The van der Waals surface area contributed by atoms with Crippen molar-refractivity contribution in [2.45, 2.75) is 89.9 Å². The normalized spacial score (nSPS) is 26.7. The molecule has 0 aromatic heterocycles. The summed E-state index contributed by atoms with van der Waals surface area (Å²) in [4.78, 5) is 0. The largest absolute Gasteiger partial charge is 0.199 e. The summed E-state index contributed by atoms with van der Waals surface area (Å²) in [5.74, 6) is 1.83. The number of hydrogen-bond donors (Lipinski definition) is 0. The molecule has 0 atom stereocenters. The van der Waals surface area contributed by atoms with Gasteiger partial charge in [0.2, 0.25) is 0 Å². The van der Waals surface area contributed by atoms with E-state index in [-0.39, 0.29) is 0 Å². The highest BCUT2D eigenvalue weighted by Gasteiger charge is 2.29. The molecule has 0 saturated heterocycles. The summed E-state index contributed by atoms with van der Waals surface area (Å²) >= 11 is 0. The van der Waals surface area contributed by atoms with Crippen LogP contribution in [0.3, 0.4) is 0 Å². The number of rotatable bonds is 9. The lowest BCUT2D eigenvalue weighted by Gasteiger charge is -2.36. The zero-order valence-corrected chi connectivity index (χ0v) is 19.9. The predicted octanol–water partition coefficient (Wildman–Crippen LogP) is 8.99. The Balaban J connectivity index is 1.41. The van der Waals surface area contributed by atoms with Crippen molar-refractivity contribution in [1.29, 1.82) is 5.26 Å². The van der Waals surface area contributed by atoms with Gasteiger partial charge in [-0.3, -0.25) is 0 Å². The lowest BCUT2D eigenvalue weighted by molar-refractivity contribution is 0.290. The van der Waals surface area contributed by atoms with Crippen molar-refractivity contribution in [3.05, 3.63) is 71.6 Å². The summed E-state index contributed by atoms with van der Waals surface area (Å²) in [6, 6.07) is 11.0. The van der Waals surface area contributed by atoms with E-state index in [1.165, 1.54) is 93.1 Å². The van der Waals surface area contributed by atoms with Crippen molar-refractivity contribution >= 4 is 0 Å². The Bertz CT molecular complexity index is 809. The summed E-state index contributed by atoms with van der Waals surface area (Å²) in [6.07, 6.45) is 20.0. The Labute approximate surface area is 195 Å². The molecule has 2 saturated carbocycles. The molecular weight excluding hydrogens is 393 g/mol. The van der Waals surface area contributed by atoms with Crippen molar-refractivity contribution in [3.8, 4) is 6.07 Å². The van der Waals surface area contributed by atoms with Gasteiger partial charge in [-0.05, 0) is 105 Å². The minimum absolute atomic E-state index is 0.502. The molecule has 2 aliphatic rings. The van der Waals surface area contributed by atoms with Crippen LogP contribution < -0.4 is 0 Å². The van der Waals surface area contributed by atoms with E-state index >= 15 is 0 Å². The van der Waals surface area contributed by atoms with Crippen LogP contribution >= 0.6 is 0 Å². The van der Waals surface area contributed by atoms with Crippen LogP contribution in [-0.4, -0.2) is 0 Å². The molecule has 172 valence electrons. The first-order valence-corrected chi connectivity index (χ1v) is 12.8. The van der Waals surface area contributed by atoms with E-state index in [9.17, 15) is 4.39 Å². The van der Waals surface area contributed by atoms with Crippen molar-refractivity contribution in [3.63, 3.8) is 0 Å². The van der Waals surface area contributed by atoms with Crippen LogP contribution in [0.4, 0.5) is 4.39 Å². The fraction of sp³-hybridized carbons (Fsp3) is 0.567. The van der Waals surface area contributed by atoms with Crippen LogP contribution in [-0.2, 0) is 6.42 Å². The summed E-state index contributed by atoms with van der Waals surface area (Å²) in [7, 11) is 0. The topological polar surface area (TPSA) is 23.8 Å². The summed E-state index contributed by atoms with van der Waals surface area (Å²) in [5, 5.41) is 8.48. The summed E-state index contributed by atoms with van der Waals surface area (Å²) in [6.45, 7) is 6.82. The maximum atomic E-state index is 12.9. The Kier molecular flexibility index (Phi) is 9.79. The lowest BCUT2D eigenvalue weighted by atomic mass is 9.70. The van der Waals surface area contributed by atoms with Crippen molar-refractivity contribution < 1.29 is 4.39 Å². The Morgan fingerprint density at radius 2 is 1.62 bits per heavy atom. The molecule has 2 heteroatoms. The van der Waals surface area contributed by atoms with Crippen LogP contribution in [0, 0.1) is 29.1 Å². The number of halogens is 1. The zero-order chi connectivity index (χ0) is 22.8. The molecule has 0 radical (unpaired) electrons. The number of nitriles is 1. The molecule has 0 N–H and O–H groups in total. The van der Waals surface area contributed by atoms with Gasteiger partial charge in [-0.2, -0.15) is 9.65 Å². The van der Waals surface area contributed by atoms with Gasteiger partial charge in [0.15, 0.2) is 5.83 Å². The maximum Gasteiger partial charge on any atom is 0.199 e. The third-order valence-corrected chi connectivity index (χ3v) is 7.80. The number of aryl methyl sites for hydroxylation is 1. The number of allylic oxidation sites excluding steroid dienone is 5. The fourth-order valence-electron chi connectivity index (χ4n) is 5.68. The van der Waals surface area contributed by atoms with Gasteiger partial charge in [0, 0.05) is 0 Å². The minimum atomic E-state index is -0.721. The number of hydrogen-bond acceptors (Lipinski definition) is 1. The maximum absolute atomic E-state index is 12.9. The number of unbranched alkanes of at least 4 members (excludes halogenated alkanes) is 2. The highest BCUT2D eigenvalue weighted by atomic mass is 19.1. The predicted molar refractivity (Wildman–Crippen MR) is 133 cm³/mol. The van der Waals surface area contributed by atoms with Gasteiger partial charge >= 0.3 is 0 Å². The third kappa shape index (κ3) is 7.19.